The van der Waals surface area contributed by atoms with Crippen molar-refractivity contribution in [3.05, 3.63) is 41.0 Å². The van der Waals surface area contributed by atoms with Crippen molar-refractivity contribution in [2.75, 3.05) is 41.3 Å². The Labute approximate surface area is 170 Å². The van der Waals surface area contributed by atoms with Crippen molar-refractivity contribution in [2.24, 2.45) is 0 Å². The molecule has 2 amide bonds. The van der Waals surface area contributed by atoms with Gasteiger partial charge in [0.2, 0.25) is 0 Å². The van der Waals surface area contributed by atoms with Gasteiger partial charge in [-0.2, -0.15) is 5.10 Å². The molecule has 28 heavy (non-hydrogen) atoms. The summed E-state index contributed by atoms with van der Waals surface area (Å²) in [6, 6.07) is 7.45. The molecule has 0 bridgehead atoms. The molecule has 148 valence electrons. The summed E-state index contributed by atoms with van der Waals surface area (Å²) in [5, 5.41) is 15.1. The van der Waals surface area contributed by atoms with Crippen LogP contribution in [0.3, 0.4) is 0 Å². The largest absolute Gasteiger partial charge is 0.370 e. The van der Waals surface area contributed by atoms with Crippen LogP contribution >= 0.6 is 11.6 Å². The van der Waals surface area contributed by atoms with E-state index < -0.39 is 0 Å². The van der Waals surface area contributed by atoms with Gasteiger partial charge in [-0.15, -0.1) is 5.10 Å². The molecule has 0 aliphatic carbocycles. The van der Waals surface area contributed by atoms with Crippen molar-refractivity contribution >= 4 is 34.8 Å². The Balaban J connectivity index is 1.34. The number of benzene rings is 1. The van der Waals surface area contributed by atoms with Crippen molar-refractivity contribution in [1.82, 2.24) is 15.5 Å². The molecule has 2 N–H and O–H groups in total. The molecular weight excluding hydrogens is 376 g/mol. The molecule has 8 heteroatoms. The third kappa shape index (κ3) is 4.14. The van der Waals surface area contributed by atoms with Gasteiger partial charge in [-0.25, -0.2) is 4.79 Å². The van der Waals surface area contributed by atoms with Crippen molar-refractivity contribution in [1.29, 1.82) is 0 Å². The van der Waals surface area contributed by atoms with E-state index in [2.05, 4.69) is 36.7 Å². The molecule has 0 saturated carbocycles. The number of rotatable bonds is 4. The zero-order valence-corrected chi connectivity index (χ0v) is 16.7. The van der Waals surface area contributed by atoms with Crippen molar-refractivity contribution < 1.29 is 4.79 Å². The number of amides is 2. The van der Waals surface area contributed by atoms with E-state index in [9.17, 15) is 4.79 Å². The molecule has 1 aromatic heterocycles. The second kappa shape index (κ2) is 8.22. The molecule has 2 aliphatic heterocycles. The Morgan fingerprint density at radius 2 is 2.04 bits per heavy atom. The highest BCUT2D eigenvalue weighted by Gasteiger charge is 2.26. The summed E-state index contributed by atoms with van der Waals surface area (Å²) in [7, 11) is 0. The van der Waals surface area contributed by atoms with E-state index in [4.69, 9.17) is 11.6 Å². The van der Waals surface area contributed by atoms with Crippen molar-refractivity contribution in [3.8, 4) is 0 Å². The van der Waals surface area contributed by atoms with Gasteiger partial charge in [0.15, 0.2) is 5.82 Å². The average molecular weight is 401 g/mol. The van der Waals surface area contributed by atoms with Crippen LogP contribution in [0.1, 0.15) is 24.8 Å². The number of nitrogens with zero attached hydrogens (tertiary/aromatic N) is 4. The highest BCUT2D eigenvalue weighted by Crippen LogP contribution is 2.25. The maximum atomic E-state index is 12.4. The molecule has 2 aromatic rings. The number of halogens is 1. The number of hydrogen-bond donors (Lipinski definition) is 2. The minimum absolute atomic E-state index is 0.0664. The van der Waals surface area contributed by atoms with E-state index in [1.165, 1.54) is 12.8 Å². The molecule has 2 fully saturated rings. The van der Waals surface area contributed by atoms with Gasteiger partial charge in [0.05, 0.1) is 11.9 Å². The highest BCUT2D eigenvalue weighted by molar-refractivity contribution is 6.31. The van der Waals surface area contributed by atoms with E-state index in [-0.39, 0.29) is 12.1 Å². The molecule has 4 rings (SSSR count). The topological polar surface area (TPSA) is 73.4 Å². The minimum Gasteiger partial charge on any atom is -0.370 e. The smallest absolute Gasteiger partial charge is 0.319 e. The quantitative estimate of drug-likeness (QED) is 0.822. The first kappa shape index (κ1) is 18.8. The summed E-state index contributed by atoms with van der Waals surface area (Å²) < 4.78 is 0. The average Bonchev–Trinajstić information content (AvgIpc) is 3.38. The first-order chi connectivity index (χ1) is 13.6. The standard InChI is InChI=1S/C20H25ClN6O/c1-14-17(21)5-4-6-18(14)24-20(28)23-15-7-10-27(13-15)19-11-16(12-22-25-19)26-8-2-3-9-26/h4-6,11-12,15H,2-3,7-10,13H2,1H3,(H2,23,24,28). The number of anilines is 3. The minimum atomic E-state index is -0.214. The fourth-order valence-corrected chi connectivity index (χ4v) is 4.00. The summed E-state index contributed by atoms with van der Waals surface area (Å²) in [6.07, 6.45) is 5.17. The number of nitrogens with one attached hydrogen (secondary N) is 2. The maximum absolute atomic E-state index is 12.4. The van der Waals surface area contributed by atoms with Crippen molar-refractivity contribution in [2.45, 2.75) is 32.2 Å². The summed E-state index contributed by atoms with van der Waals surface area (Å²) in [5.74, 6) is 0.875. The number of urea groups is 1. The molecule has 7 nitrogen and oxygen atoms in total. The fraction of sp³-hybridized carbons (Fsp3) is 0.450. The van der Waals surface area contributed by atoms with E-state index in [0.717, 1.165) is 55.4 Å². The van der Waals surface area contributed by atoms with Crippen LogP contribution in [-0.2, 0) is 0 Å². The van der Waals surface area contributed by atoms with Crippen LogP contribution in [0.25, 0.3) is 0 Å². The van der Waals surface area contributed by atoms with Crippen LogP contribution in [0.15, 0.2) is 30.5 Å². The molecule has 1 aromatic carbocycles. The van der Waals surface area contributed by atoms with Crippen LogP contribution in [0.2, 0.25) is 5.02 Å². The molecule has 1 unspecified atom stereocenters. The fourth-order valence-electron chi connectivity index (χ4n) is 3.82. The normalized spacial score (nSPS) is 19.1. The Hall–Kier alpha value is -2.54. The predicted octanol–water partition coefficient (Wildman–Crippen LogP) is 3.44. The zero-order chi connectivity index (χ0) is 19.5. The van der Waals surface area contributed by atoms with Crippen LogP contribution in [0.5, 0.6) is 0 Å². The maximum Gasteiger partial charge on any atom is 0.319 e. The summed E-state index contributed by atoms with van der Waals surface area (Å²) in [6.45, 7) is 5.62. The van der Waals surface area contributed by atoms with Crippen LogP contribution in [0, 0.1) is 6.92 Å². The number of carbonyl (C=O) groups is 1. The lowest BCUT2D eigenvalue weighted by Crippen LogP contribution is -2.40. The first-order valence-electron chi connectivity index (χ1n) is 9.75. The summed E-state index contributed by atoms with van der Waals surface area (Å²) in [5.41, 5.74) is 2.72. The molecule has 2 aliphatic rings. The van der Waals surface area contributed by atoms with Gasteiger partial charge in [0, 0.05) is 49.0 Å². The first-order valence-corrected chi connectivity index (χ1v) is 10.1. The van der Waals surface area contributed by atoms with Crippen LogP contribution < -0.4 is 20.4 Å². The van der Waals surface area contributed by atoms with E-state index in [1.54, 1.807) is 0 Å². The lowest BCUT2D eigenvalue weighted by atomic mass is 10.2. The Morgan fingerprint density at radius 3 is 2.86 bits per heavy atom. The van der Waals surface area contributed by atoms with E-state index >= 15 is 0 Å². The second-order valence-electron chi connectivity index (χ2n) is 7.41. The molecule has 3 heterocycles. The molecule has 1 atom stereocenters. The predicted molar refractivity (Wildman–Crippen MR) is 112 cm³/mol. The summed E-state index contributed by atoms with van der Waals surface area (Å²) >= 11 is 6.12. The lowest BCUT2D eigenvalue weighted by Gasteiger charge is -2.21. The summed E-state index contributed by atoms with van der Waals surface area (Å²) in [4.78, 5) is 16.9. The SMILES string of the molecule is Cc1c(Cl)cccc1NC(=O)NC1CCN(c2cc(N3CCCC3)cnn2)C1. The van der Waals surface area contributed by atoms with Gasteiger partial charge >= 0.3 is 6.03 Å². The zero-order valence-electron chi connectivity index (χ0n) is 16.0. The van der Waals surface area contributed by atoms with Crippen molar-refractivity contribution in [3.63, 3.8) is 0 Å². The molecular formula is C20H25ClN6O. The third-order valence-corrected chi connectivity index (χ3v) is 5.87. The Bertz CT molecular complexity index is 854. The number of hydrogen-bond acceptors (Lipinski definition) is 5. The van der Waals surface area contributed by atoms with Gasteiger partial charge in [0.25, 0.3) is 0 Å². The third-order valence-electron chi connectivity index (χ3n) is 5.46. The second-order valence-corrected chi connectivity index (χ2v) is 7.82. The number of aromatic nitrogens is 2. The van der Waals surface area contributed by atoms with E-state index in [1.807, 2.05) is 31.3 Å². The van der Waals surface area contributed by atoms with Gasteiger partial charge < -0.3 is 20.4 Å². The Morgan fingerprint density at radius 1 is 1.21 bits per heavy atom. The molecule has 0 radical (unpaired) electrons. The number of carbonyl (C=O) groups excluding carboxylic acids is 1. The lowest BCUT2D eigenvalue weighted by molar-refractivity contribution is 0.249. The van der Waals surface area contributed by atoms with Gasteiger partial charge in [-0.05, 0) is 43.9 Å². The monoisotopic (exact) mass is 400 g/mol. The van der Waals surface area contributed by atoms with Crippen LogP contribution in [-0.4, -0.2) is 48.4 Å². The van der Waals surface area contributed by atoms with Gasteiger partial charge in [-0.3, -0.25) is 0 Å². The van der Waals surface area contributed by atoms with E-state index in [0.29, 0.717) is 5.02 Å². The Kier molecular flexibility index (Phi) is 5.52. The van der Waals surface area contributed by atoms with Gasteiger partial charge in [-0.1, -0.05) is 17.7 Å². The van der Waals surface area contributed by atoms with Gasteiger partial charge in [0.1, 0.15) is 0 Å². The highest BCUT2D eigenvalue weighted by atomic mass is 35.5. The molecule has 2 saturated heterocycles. The molecule has 0 spiro atoms. The van der Waals surface area contributed by atoms with Crippen LogP contribution in [0.4, 0.5) is 22.0 Å².